The lowest BCUT2D eigenvalue weighted by Crippen LogP contribution is -2.48. The Morgan fingerprint density at radius 2 is 1.58 bits per heavy atom. The van der Waals surface area contributed by atoms with Crippen LogP contribution in [-0.4, -0.2) is 50.5 Å². The molecule has 0 aliphatic carbocycles. The van der Waals surface area contributed by atoms with Gasteiger partial charge in [-0.25, -0.2) is 12.8 Å². The maximum absolute atomic E-state index is 13.4. The molecule has 0 bridgehead atoms. The number of hydrogen-bond acceptors (Lipinski definition) is 4. The quantitative estimate of drug-likeness (QED) is 0.456. The summed E-state index contributed by atoms with van der Waals surface area (Å²) in [6, 6.07) is 10.6. The first-order valence-electron chi connectivity index (χ1n) is 12.2. The number of aryl methyl sites for hydroxylation is 2. The van der Waals surface area contributed by atoms with Gasteiger partial charge in [0.1, 0.15) is 11.9 Å². The fourth-order valence-electron chi connectivity index (χ4n) is 3.92. The van der Waals surface area contributed by atoms with E-state index in [1.807, 2.05) is 33.8 Å². The monoisotopic (exact) mass is 519 g/mol. The van der Waals surface area contributed by atoms with Gasteiger partial charge in [-0.1, -0.05) is 32.0 Å². The molecular weight excluding hydrogens is 481 g/mol. The van der Waals surface area contributed by atoms with Crippen molar-refractivity contribution in [2.75, 3.05) is 23.7 Å². The van der Waals surface area contributed by atoms with Gasteiger partial charge in [0.2, 0.25) is 21.8 Å². The second-order valence-electron chi connectivity index (χ2n) is 9.75. The lowest BCUT2D eigenvalue weighted by molar-refractivity contribution is -0.140. The van der Waals surface area contributed by atoms with Crippen molar-refractivity contribution in [1.82, 2.24) is 10.2 Å². The van der Waals surface area contributed by atoms with Crippen LogP contribution in [0.1, 0.15) is 50.3 Å². The van der Waals surface area contributed by atoms with Gasteiger partial charge >= 0.3 is 0 Å². The van der Waals surface area contributed by atoms with E-state index in [9.17, 15) is 22.4 Å². The first kappa shape index (κ1) is 29.3. The Bertz CT molecular complexity index is 1130. The van der Waals surface area contributed by atoms with E-state index in [4.69, 9.17) is 0 Å². The minimum Gasteiger partial charge on any atom is -0.354 e. The van der Waals surface area contributed by atoms with Gasteiger partial charge in [-0.3, -0.25) is 13.9 Å². The van der Waals surface area contributed by atoms with Crippen LogP contribution in [0.25, 0.3) is 0 Å². The maximum atomic E-state index is 13.4. The molecule has 9 heteroatoms. The molecule has 2 rings (SSSR count). The number of sulfonamides is 1. The van der Waals surface area contributed by atoms with Crippen molar-refractivity contribution in [3.63, 3.8) is 0 Å². The number of halogens is 1. The number of benzene rings is 2. The highest BCUT2D eigenvalue weighted by Gasteiger charge is 2.26. The lowest BCUT2D eigenvalue weighted by atomic mass is 10.1. The van der Waals surface area contributed by atoms with Crippen molar-refractivity contribution in [2.24, 2.45) is 5.92 Å². The molecule has 0 spiro atoms. The zero-order valence-electron chi connectivity index (χ0n) is 22.0. The molecule has 1 N–H and O–H groups in total. The van der Waals surface area contributed by atoms with Crippen LogP contribution >= 0.6 is 0 Å². The van der Waals surface area contributed by atoms with Gasteiger partial charge in [-0.2, -0.15) is 0 Å². The predicted octanol–water partition coefficient (Wildman–Crippen LogP) is 4.18. The van der Waals surface area contributed by atoms with E-state index in [0.717, 1.165) is 17.4 Å². The van der Waals surface area contributed by atoms with E-state index in [1.165, 1.54) is 21.3 Å². The van der Waals surface area contributed by atoms with Gasteiger partial charge in [-0.05, 0) is 74.1 Å². The van der Waals surface area contributed by atoms with E-state index in [0.29, 0.717) is 17.8 Å². The Morgan fingerprint density at radius 1 is 1.00 bits per heavy atom. The molecule has 0 aliphatic rings. The molecule has 0 heterocycles. The summed E-state index contributed by atoms with van der Waals surface area (Å²) >= 11 is 0. The third-order valence-corrected chi connectivity index (χ3v) is 6.96. The summed E-state index contributed by atoms with van der Waals surface area (Å²) < 4.78 is 39.7. The van der Waals surface area contributed by atoms with E-state index in [2.05, 4.69) is 5.32 Å². The van der Waals surface area contributed by atoms with Crippen LogP contribution in [0.15, 0.2) is 42.5 Å². The average Bonchev–Trinajstić information content (AvgIpc) is 2.77. The van der Waals surface area contributed by atoms with Crippen LogP contribution in [0.3, 0.4) is 0 Å². The molecule has 0 saturated carbocycles. The zero-order valence-corrected chi connectivity index (χ0v) is 22.9. The normalized spacial score (nSPS) is 12.3. The molecule has 2 amide bonds. The van der Waals surface area contributed by atoms with Crippen LogP contribution in [0.2, 0.25) is 0 Å². The van der Waals surface area contributed by atoms with Gasteiger partial charge < -0.3 is 10.2 Å². The molecule has 0 aromatic heterocycles. The van der Waals surface area contributed by atoms with Crippen LogP contribution in [-0.2, 0) is 26.2 Å². The van der Waals surface area contributed by atoms with E-state index < -0.39 is 16.1 Å². The molecule has 2 aromatic rings. The van der Waals surface area contributed by atoms with Gasteiger partial charge in [0, 0.05) is 26.1 Å². The number of anilines is 1. The minimum atomic E-state index is -3.56. The first-order valence-corrected chi connectivity index (χ1v) is 14.0. The Balaban J connectivity index is 2.18. The van der Waals surface area contributed by atoms with Crippen molar-refractivity contribution in [2.45, 2.75) is 60.0 Å². The molecule has 2 aromatic carbocycles. The molecule has 0 radical (unpaired) electrons. The van der Waals surface area contributed by atoms with Crippen molar-refractivity contribution in [1.29, 1.82) is 0 Å². The molecule has 0 aliphatic heterocycles. The number of amides is 2. The summed E-state index contributed by atoms with van der Waals surface area (Å²) in [7, 11) is -3.56. The highest BCUT2D eigenvalue weighted by molar-refractivity contribution is 7.92. The lowest BCUT2D eigenvalue weighted by Gasteiger charge is -2.29. The van der Waals surface area contributed by atoms with Crippen LogP contribution in [0, 0.1) is 25.6 Å². The second kappa shape index (κ2) is 12.9. The summed E-state index contributed by atoms with van der Waals surface area (Å²) in [5.74, 6) is -0.672. The van der Waals surface area contributed by atoms with Crippen LogP contribution in [0.4, 0.5) is 10.1 Å². The van der Waals surface area contributed by atoms with Crippen molar-refractivity contribution < 1.29 is 22.4 Å². The third kappa shape index (κ3) is 8.93. The molecule has 0 fully saturated rings. The van der Waals surface area contributed by atoms with Crippen LogP contribution < -0.4 is 9.62 Å². The van der Waals surface area contributed by atoms with Gasteiger partial charge in [-0.15, -0.1) is 0 Å². The predicted molar refractivity (Wildman–Crippen MR) is 142 cm³/mol. The standard InChI is InChI=1S/C27H38FN3O4S/c1-19(2)17-29-27(33)22(5)30(18-23-9-11-24(28)12-10-23)26(32)8-7-13-31(36(6,34)35)25-15-20(3)14-21(4)16-25/h9-12,14-16,19,22H,7-8,13,17-18H2,1-6H3,(H,29,33)/t22-/m0/s1. The fourth-order valence-corrected chi connectivity index (χ4v) is 4.87. The van der Waals surface area contributed by atoms with Crippen LogP contribution in [0.5, 0.6) is 0 Å². The van der Waals surface area contributed by atoms with Crippen molar-refractivity contribution in [3.05, 3.63) is 65.0 Å². The largest absolute Gasteiger partial charge is 0.354 e. The number of nitrogens with one attached hydrogen (secondary N) is 1. The highest BCUT2D eigenvalue weighted by Crippen LogP contribution is 2.22. The minimum absolute atomic E-state index is 0.0554. The maximum Gasteiger partial charge on any atom is 0.242 e. The molecule has 7 nitrogen and oxygen atoms in total. The summed E-state index contributed by atoms with van der Waals surface area (Å²) in [6.07, 6.45) is 1.48. The molecule has 0 saturated heterocycles. The molecule has 198 valence electrons. The molecular formula is C27H38FN3O4S. The Hall–Kier alpha value is -2.94. The average molecular weight is 520 g/mol. The van der Waals surface area contributed by atoms with Crippen molar-refractivity contribution in [3.8, 4) is 0 Å². The Kier molecular flexibility index (Phi) is 10.5. The summed E-state index contributed by atoms with van der Waals surface area (Å²) in [6.45, 7) is 10.2. The summed E-state index contributed by atoms with van der Waals surface area (Å²) in [5, 5.41) is 2.86. The number of hydrogen-bond donors (Lipinski definition) is 1. The Labute approximate surface area is 214 Å². The molecule has 1 atom stereocenters. The number of carbonyl (C=O) groups excluding carboxylic acids is 2. The first-order chi connectivity index (χ1) is 16.8. The molecule has 36 heavy (non-hydrogen) atoms. The molecule has 0 unspecified atom stereocenters. The zero-order chi connectivity index (χ0) is 27.0. The highest BCUT2D eigenvalue weighted by atomic mass is 32.2. The SMILES string of the molecule is Cc1cc(C)cc(N(CCCC(=O)N(Cc2ccc(F)cc2)[C@@H](C)C(=O)NCC(C)C)S(C)(=O)=O)c1. The van der Waals surface area contributed by atoms with E-state index >= 15 is 0 Å². The second-order valence-corrected chi connectivity index (χ2v) is 11.7. The summed E-state index contributed by atoms with van der Waals surface area (Å²) in [5.41, 5.74) is 3.15. The summed E-state index contributed by atoms with van der Waals surface area (Å²) in [4.78, 5) is 27.5. The van der Waals surface area contributed by atoms with E-state index in [-0.39, 0.29) is 49.5 Å². The third-order valence-electron chi connectivity index (χ3n) is 5.76. The number of rotatable bonds is 12. The number of carbonyl (C=O) groups is 2. The smallest absolute Gasteiger partial charge is 0.242 e. The van der Waals surface area contributed by atoms with Gasteiger partial charge in [0.05, 0.1) is 11.9 Å². The fraction of sp³-hybridized carbons (Fsp3) is 0.481. The van der Waals surface area contributed by atoms with E-state index in [1.54, 1.807) is 31.2 Å². The van der Waals surface area contributed by atoms with Crippen molar-refractivity contribution >= 4 is 27.5 Å². The number of nitrogens with zero attached hydrogens (tertiary/aromatic N) is 2. The Morgan fingerprint density at radius 3 is 2.11 bits per heavy atom. The topological polar surface area (TPSA) is 86.8 Å². The van der Waals surface area contributed by atoms with Gasteiger partial charge in [0.25, 0.3) is 0 Å². The van der Waals surface area contributed by atoms with Gasteiger partial charge in [0.15, 0.2) is 0 Å².